The third-order valence-corrected chi connectivity index (χ3v) is 3.20. The van der Waals surface area contributed by atoms with Gasteiger partial charge in [0.25, 0.3) is 0 Å². The molecule has 2 heterocycles. The lowest BCUT2D eigenvalue weighted by molar-refractivity contribution is -0.126. The molecule has 5 nitrogen and oxygen atoms in total. The van der Waals surface area contributed by atoms with E-state index in [-0.39, 0.29) is 17.8 Å². The van der Waals surface area contributed by atoms with E-state index in [4.69, 9.17) is 9.15 Å². The Morgan fingerprint density at radius 3 is 2.85 bits per heavy atom. The Kier molecular flexibility index (Phi) is 4.16. The lowest BCUT2D eigenvalue weighted by atomic mass is 9.92. The van der Waals surface area contributed by atoms with Gasteiger partial charge < -0.3 is 14.1 Å². The second kappa shape index (κ2) is 5.69. The third-order valence-electron chi connectivity index (χ3n) is 3.20. The molecule has 20 heavy (non-hydrogen) atoms. The third kappa shape index (κ3) is 3.85. The molecule has 0 spiro atoms. The van der Waals surface area contributed by atoms with Gasteiger partial charge in [-0.2, -0.15) is 0 Å². The van der Waals surface area contributed by atoms with E-state index in [0.29, 0.717) is 25.9 Å². The van der Waals surface area contributed by atoms with Crippen LogP contribution >= 0.6 is 0 Å². The Morgan fingerprint density at radius 2 is 2.25 bits per heavy atom. The summed E-state index contributed by atoms with van der Waals surface area (Å²) in [5, 5.41) is 0. The molecule has 1 saturated heterocycles. The van der Waals surface area contributed by atoms with E-state index in [9.17, 15) is 9.59 Å². The van der Waals surface area contributed by atoms with Gasteiger partial charge in [-0.1, -0.05) is 0 Å². The number of furan rings is 1. The van der Waals surface area contributed by atoms with E-state index in [1.165, 1.54) is 0 Å². The van der Waals surface area contributed by atoms with Crippen LogP contribution in [0.5, 0.6) is 0 Å². The molecule has 1 aromatic heterocycles. The van der Waals surface area contributed by atoms with Crippen LogP contribution in [0.4, 0.5) is 4.79 Å². The van der Waals surface area contributed by atoms with Crippen molar-refractivity contribution in [1.29, 1.82) is 0 Å². The van der Waals surface area contributed by atoms with Gasteiger partial charge in [-0.15, -0.1) is 0 Å². The zero-order valence-corrected chi connectivity index (χ0v) is 12.2. The van der Waals surface area contributed by atoms with E-state index < -0.39 is 5.60 Å². The Morgan fingerprint density at radius 1 is 1.50 bits per heavy atom. The zero-order valence-electron chi connectivity index (χ0n) is 12.2. The van der Waals surface area contributed by atoms with E-state index in [1.54, 1.807) is 17.2 Å². The number of hydrogen-bond acceptors (Lipinski definition) is 4. The minimum absolute atomic E-state index is 0.182. The van der Waals surface area contributed by atoms with Gasteiger partial charge in [0.05, 0.1) is 6.26 Å². The number of carbonyl (C=O) groups excluding carboxylic acids is 2. The van der Waals surface area contributed by atoms with Crippen molar-refractivity contribution in [3.05, 3.63) is 24.2 Å². The van der Waals surface area contributed by atoms with E-state index in [1.807, 2.05) is 26.8 Å². The van der Waals surface area contributed by atoms with Gasteiger partial charge in [-0.05, 0) is 32.9 Å². The number of ketones is 1. The molecular formula is C15H21NO4. The highest BCUT2D eigenvalue weighted by molar-refractivity contribution is 5.84. The summed E-state index contributed by atoms with van der Waals surface area (Å²) in [5.41, 5.74) is -0.519. The molecule has 1 fully saturated rings. The number of ether oxygens (including phenoxy) is 1. The van der Waals surface area contributed by atoms with Crippen molar-refractivity contribution < 1.29 is 18.7 Å². The molecule has 1 aliphatic heterocycles. The number of piperidine rings is 1. The van der Waals surface area contributed by atoms with Crippen molar-refractivity contribution in [2.45, 2.75) is 39.2 Å². The lowest BCUT2D eigenvalue weighted by Crippen LogP contribution is -2.46. The number of Topliss-reactive ketones (excluding diaryl/α,β-unsaturated/α-hetero) is 1. The Balaban J connectivity index is 1.97. The van der Waals surface area contributed by atoms with Crippen LogP contribution in [0.1, 0.15) is 33.0 Å². The molecule has 0 radical (unpaired) electrons. The van der Waals surface area contributed by atoms with Crippen LogP contribution in [0.25, 0.3) is 0 Å². The first-order chi connectivity index (χ1) is 9.35. The van der Waals surface area contributed by atoms with Crippen LogP contribution in [-0.4, -0.2) is 35.5 Å². The van der Waals surface area contributed by atoms with Gasteiger partial charge in [-0.25, -0.2) is 4.79 Å². The maximum absolute atomic E-state index is 12.0. The van der Waals surface area contributed by atoms with Gasteiger partial charge in [0.15, 0.2) is 0 Å². The van der Waals surface area contributed by atoms with Gasteiger partial charge in [0.1, 0.15) is 17.1 Å². The summed E-state index contributed by atoms with van der Waals surface area (Å²) in [6, 6.07) is 3.65. The number of carbonyl (C=O) groups is 2. The second-order valence-electron chi connectivity index (χ2n) is 6.12. The molecule has 1 unspecified atom stereocenters. The molecule has 0 saturated carbocycles. The standard InChI is InChI=1S/C15H21NO4/c1-15(2,3)20-14(18)16-7-6-13(17)11(10-16)9-12-5-4-8-19-12/h4-5,8,11H,6-7,9-10H2,1-3H3. The average molecular weight is 279 g/mol. The highest BCUT2D eigenvalue weighted by Gasteiger charge is 2.32. The SMILES string of the molecule is CC(C)(C)OC(=O)N1CCC(=O)C(Cc2ccco2)C1. The largest absolute Gasteiger partial charge is 0.469 e. The van der Waals surface area contributed by atoms with Gasteiger partial charge in [0.2, 0.25) is 0 Å². The summed E-state index contributed by atoms with van der Waals surface area (Å²) in [6.45, 7) is 6.33. The first kappa shape index (κ1) is 14.6. The molecule has 1 amide bonds. The molecule has 1 aromatic rings. The summed E-state index contributed by atoms with van der Waals surface area (Å²) < 4.78 is 10.6. The van der Waals surface area contributed by atoms with E-state index >= 15 is 0 Å². The quantitative estimate of drug-likeness (QED) is 0.835. The van der Waals surface area contributed by atoms with Crippen molar-refractivity contribution in [2.75, 3.05) is 13.1 Å². The summed E-state index contributed by atoms with van der Waals surface area (Å²) >= 11 is 0. The topological polar surface area (TPSA) is 59.8 Å². The van der Waals surface area contributed by atoms with Gasteiger partial charge in [0, 0.05) is 31.8 Å². The maximum atomic E-state index is 12.0. The molecule has 0 bridgehead atoms. The van der Waals surface area contributed by atoms with Crippen LogP contribution in [0, 0.1) is 5.92 Å². The van der Waals surface area contributed by atoms with Crippen LogP contribution in [-0.2, 0) is 16.0 Å². The number of amides is 1. The molecule has 0 aliphatic carbocycles. The van der Waals surface area contributed by atoms with Crippen molar-refractivity contribution in [2.24, 2.45) is 5.92 Å². The molecule has 110 valence electrons. The number of rotatable bonds is 2. The number of nitrogens with zero attached hydrogens (tertiary/aromatic N) is 1. The van der Waals surface area contributed by atoms with Crippen LogP contribution < -0.4 is 0 Å². The number of likely N-dealkylation sites (tertiary alicyclic amines) is 1. The van der Waals surface area contributed by atoms with Crippen molar-refractivity contribution in [3.63, 3.8) is 0 Å². The first-order valence-corrected chi connectivity index (χ1v) is 6.88. The van der Waals surface area contributed by atoms with Crippen LogP contribution in [0.15, 0.2) is 22.8 Å². The molecule has 0 aromatic carbocycles. The average Bonchev–Trinajstić information content (AvgIpc) is 2.82. The highest BCUT2D eigenvalue weighted by Crippen LogP contribution is 2.20. The Labute approximate surface area is 118 Å². The van der Waals surface area contributed by atoms with Crippen LogP contribution in [0.3, 0.4) is 0 Å². The molecule has 5 heteroatoms. The number of hydrogen-bond donors (Lipinski definition) is 0. The smallest absolute Gasteiger partial charge is 0.410 e. The summed E-state index contributed by atoms with van der Waals surface area (Å²) in [5.74, 6) is 0.748. The first-order valence-electron chi connectivity index (χ1n) is 6.88. The van der Waals surface area contributed by atoms with Crippen molar-refractivity contribution >= 4 is 11.9 Å². The van der Waals surface area contributed by atoms with Crippen molar-refractivity contribution in [3.8, 4) is 0 Å². The fourth-order valence-corrected chi connectivity index (χ4v) is 2.25. The lowest BCUT2D eigenvalue weighted by Gasteiger charge is -2.33. The Hall–Kier alpha value is -1.78. The van der Waals surface area contributed by atoms with E-state index in [2.05, 4.69) is 0 Å². The monoisotopic (exact) mass is 279 g/mol. The minimum Gasteiger partial charge on any atom is -0.469 e. The molecule has 1 aliphatic rings. The summed E-state index contributed by atoms with van der Waals surface area (Å²) in [6.07, 6.45) is 2.15. The Bertz CT molecular complexity index is 473. The predicted molar refractivity (Wildman–Crippen MR) is 73.3 cm³/mol. The fraction of sp³-hybridized carbons (Fsp3) is 0.600. The normalized spacial score (nSPS) is 20.1. The van der Waals surface area contributed by atoms with Gasteiger partial charge >= 0.3 is 6.09 Å². The predicted octanol–water partition coefficient (Wildman–Crippen LogP) is 2.65. The molecule has 2 rings (SSSR count). The molecule has 0 N–H and O–H groups in total. The zero-order chi connectivity index (χ0) is 14.8. The maximum Gasteiger partial charge on any atom is 0.410 e. The summed E-state index contributed by atoms with van der Waals surface area (Å²) in [7, 11) is 0. The van der Waals surface area contributed by atoms with Crippen LogP contribution in [0.2, 0.25) is 0 Å². The van der Waals surface area contributed by atoms with E-state index in [0.717, 1.165) is 5.76 Å². The summed E-state index contributed by atoms with van der Waals surface area (Å²) in [4.78, 5) is 25.6. The second-order valence-corrected chi connectivity index (χ2v) is 6.12. The highest BCUT2D eigenvalue weighted by atomic mass is 16.6. The van der Waals surface area contributed by atoms with Crippen molar-refractivity contribution in [1.82, 2.24) is 4.90 Å². The molecule has 1 atom stereocenters. The van der Waals surface area contributed by atoms with Gasteiger partial charge in [-0.3, -0.25) is 4.79 Å². The minimum atomic E-state index is -0.519. The molecular weight excluding hydrogens is 258 g/mol. The fourth-order valence-electron chi connectivity index (χ4n) is 2.25.